The molecule has 1 atom stereocenters. The molecule has 1 aromatic carbocycles. The van der Waals surface area contributed by atoms with Crippen LogP contribution in [0.15, 0.2) is 66.9 Å². The Morgan fingerprint density at radius 1 is 1.18 bits per heavy atom. The number of benzene rings is 1. The quantitative estimate of drug-likeness (QED) is 0.476. The minimum Gasteiger partial charge on any atom is -0.444 e. The Morgan fingerprint density at radius 3 is 2.56 bits per heavy atom. The fraction of sp³-hybridized carbons (Fsp3) is 0.357. The lowest BCUT2D eigenvalue weighted by Crippen LogP contribution is -2.52. The summed E-state index contributed by atoms with van der Waals surface area (Å²) < 4.78 is 21.4. The SMILES string of the molecule is CC(C)(C)OC(=O)NC1(c2ccc(-c3nc4cc(F)ccn4c3C3C=CC=CC3)cc2)CCC1. The lowest BCUT2D eigenvalue weighted by Gasteiger charge is -2.43. The van der Waals surface area contributed by atoms with Crippen LogP contribution in [0, 0.1) is 5.82 Å². The molecule has 1 saturated carbocycles. The third kappa shape index (κ3) is 4.25. The van der Waals surface area contributed by atoms with Gasteiger partial charge >= 0.3 is 6.09 Å². The Balaban J connectivity index is 1.49. The third-order valence-corrected chi connectivity index (χ3v) is 6.62. The lowest BCUT2D eigenvalue weighted by atomic mass is 9.71. The van der Waals surface area contributed by atoms with E-state index in [1.807, 2.05) is 37.3 Å². The number of halogens is 1. The van der Waals surface area contributed by atoms with Crippen LogP contribution < -0.4 is 5.32 Å². The van der Waals surface area contributed by atoms with Gasteiger partial charge in [0.15, 0.2) is 0 Å². The zero-order chi connectivity index (χ0) is 23.9. The maximum Gasteiger partial charge on any atom is 0.408 e. The molecular weight excluding hydrogens is 429 g/mol. The summed E-state index contributed by atoms with van der Waals surface area (Å²) in [5.74, 6) is -0.142. The number of rotatable bonds is 4. The highest BCUT2D eigenvalue weighted by Gasteiger charge is 2.41. The van der Waals surface area contributed by atoms with E-state index in [1.54, 1.807) is 6.20 Å². The molecule has 2 heterocycles. The van der Waals surface area contributed by atoms with E-state index in [0.29, 0.717) is 5.65 Å². The van der Waals surface area contributed by atoms with E-state index in [2.05, 4.69) is 41.7 Å². The second-order valence-corrected chi connectivity index (χ2v) is 10.2. The van der Waals surface area contributed by atoms with Gasteiger partial charge in [0.05, 0.1) is 16.9 Å². The number of hydrogen-bond donors (Lipinski definition) is 1. The highest BCUT2D eigenvalue weighted by atomic mass is 19.1. The molecule has 1 N–H and O–H groups in total. The number of ether oxygens (including phenoxy) is 1. The molecule has 0 spiro atoms. The van der Waals surface area contributed by atoms with Crippen molar-refractivity contribution in [1.82, 2.24) is 14.7 Å². The van der Waals surface area contributed by atoms with Crippen LogP contribution in [0.25, 0.3) is 16.9 Å². The van der Waals surface area contributed by atoms with Gasteiger partial charge in [-0.25, -0.2) is 14.2 Å². The summed E-state index contributed by atoms with van der Waals surface area (Å²) in [4.78, 5) is 17.3. The smallest absolute Gasteiger partial charge is 0.408 e. The van der Waals surface area contributed by atoms with Gasteiger partial charge in [0.25, 0.3) is 0 Å². The minimum absolute atomic E-state index is 0.159. The first-order valence-electron chi connectivity index (χ1n) is 11.9. The summed E-state index contributed by atoms with van der Waals surface area (Å²) in [6.07, 6.45) is 13.5. The van der Waals surface area contributed by atoms with Gasteiger partial charge in [0.2, 0.25) is 0 Å². The van der Waals surface area contributed by atoms with Crippen LogP contribution in [0.4, 0.5) is 9.18 Å². The molecule has 2 aliphatic rings. The number of aromatic nitrogens is 2. The summed E-state index contributed by atoms with van der Waals surface area (Å²) in [5.41, 5.74) is 3.59. The number of carbonyl (C=O) groups is 1. The van der Waals surface area contributed by atoms with Crippen molar-refractivity contribution >= 4 is 11.7 Å². The zero-order valence-corrected chi connectivity index (χ0v) is 19.8. The maximum atomic E-state index is 13.9. The van der Waals surface area contributed by atoms with Gasteiger partial charge in [0.1, 0.15) is 17.1 Å². The number of fused-ring (bicyclic) bond motifs is 1. The molecule has 0 aliphatic heterocycles. The number of pyridine rings is 1. The van der Waals surface area contributed by atoms with Gasteiger partial charge in [-0.05, 0) is 58.1 Å². The highest BCUT2D eigenvalue weighted by Crippen LogP contribution is 2.42. The van der Waals surface area contributed by atoms with Crippen molar-refractivity contribution in [2.24, 2.45) is 0 Å². The first-order valence-corrected chi connectivity index (χ1v) is 11.9. The molecule has 5 rings (SSSR count). The van der Waals surface area contributed by atoms with E-state index in [9.17, 15) is 9.18 Å². The number of carbonyl (C=O) groups excluding carboxylic acids is 1. The number of alkyl carbamates (subject to hydrolysis) is 1. The number of imidazole rings is 1. The molecule has 3 aromatic rings. The standard InChI is InChI=1S/C28H30FN3O2/c1-27(2,3)34-26(33)31-28(15-7-16-28)21-12-10-19(11-13-21)24-25(20-8-5-4-6-9-20)32-17-14-22(29)18-23(32)30-24/h4-6,8,10-14,17-18,20H,7,9,15-16H2,1-3H3,(H,31,33). The van der Waals surface area contributed by atoms with Crippen molar-refractivity contribution in [3.8, 4) is 11.3 Å². The number of allylic oxidation sites excluding steroid dienone is 4. The molecule has 0 bridgehead atoms. The Morgan fingerprint density at radius 2 is 1.94 bits per heavy atom. The van der Waals surface area contributed by atoms with Crippen LogP contribution in [-0.2, 0) is 10.3 Å². The second kappa shape index (κ2) is 8.42. The Hall–Kier alpha value is -3.41. The van der Waals surface area contributed by atoms with Gasteiger partial charge in [0, 0.05) is 23.7 Å². The van der Waals surface area contributed by atoms with E-state index < -0.39 is 17.2 Å². The Kier molecular flexibility index (Phi) is 5.54. The summed E-state index contributed by atoms with van der Waals surface area (Å²) in [7, 11) is 0. The van der Waals surface area contributed by atoms with Crippen LogP contribution in [0.1, 0.15) is 63.6 Å². The maximum absolute atomic E-state index is 13.9. The van der Waals surface area contributed by atoms with Crippen molar-refractivity contribution in [1.29, 1.82) is 0 Å². The number of nitrogens with zero attached hydrogens (tertiary/aromatic N) is 2. The van der Waals surface area contributed by atoms with Gasteiger partial charge in [-0.2, -0.15) is 0 Å². The number of amides is 1. The molecule has 0 saturated heterocycles. The van der Waals surface area contributed by atoms with Crippen molar-refractivity contribution in [3.05, 3.63) is 84.0 Å². The average molecular weight is 460 g/mol. The monoisotopic (exact) mass is 459 g/mol. The predicted octanol–water partition coefficient (Wildman–Crippen LogP) is 6.64. The first kappa shape index (κ1) is 22.4. The van der Waals surface area contributed by atoms with Gasteiger partial charge < -0.3 is 14.5 Å². The molecule has 176 valence electrons. The van der Waals surface area contributed by atoms with Crippen LogP contribution in [0.3, 0.4) is 0 Å². The van der Waals surface area contributed by atoms with Crippen LogP contribution in [0.2, 0.25) is 0 Å². The molecular formula is C28H30FN3O2. The van der Waals surface area contributed by atoms with E-state index in [1.165, 1.54) is 12.1 Å². The summed E-state index contributed by atoms with van der Waals surface area (Å²) >= 11 is 0. The molecule has 0 radical (unpaired) electrons. The molecule has 2 aliphatic carbocycles. The van der Waals surface area contributed by atoms with Gasteiger partial charge in [-0.1, -0.05) is 48.6 Å². The van der Waals surface area contributed by atoms with E-state index in [4.69, 9.17) is 9.72 Å². The van der Waals surface area contributed by atoms with Gasteiger partial charge in [-0.15, -0.1) is 0 Å². The largest absolute Gasteiger partial charge is 0.444 e. The van der Waals surface area contributed by atoms with Crippen LogP contribution in [-0.4, -0.2) is 21.1 Å². The molecule has 1 amide bonds. The average Bonchev–Trinajstić information content (AvgIpc) is 3.14. The van der Waals surface area contributed by atoms with Crippen molar-refractivity contribution in [2.75, 3.05) is 0 Å². The molecule has 1 unspecified atom stereocenters. The topological polar surface area (TPSA) is 55.6 Å². The van der Waals surface area contributed by atoms with Crippen molar-refractivity contribution in [3.63, 3.8) is 0 Å². The van der Waals surface area contributed by atoms with E-state index in [-0.39, 0.29) is 11.7 Å². The van der Waals surface area contributed by atoms with Crippen molar-refractivity contribution < 1.29 is 13.9 Å². The molecule has 1 fully saturated rings. The zero-order valence-electron chi connectivity index (χ0n) is 19.8. The molecule has 5 nitrogen and oxygen atoms in total. The summed E-state index contributed by atoms with van der Waals surface area (Å²) in [6, 6.07) is 11.2. The van der Waals surface area contributed by atoms with Gasteiger partial charge in [-0.3, -0.25) is 0 Å². The Bertz CT molecular complexity index is 1280. The van der Waals surface area contributed by atoms with E-state index >= 15 is 0 Å². The fourth-order valence-corrected chi connectivity index (χ4v) is 4.85. The third-order valence-electron chi connectivity index (χ3n) is 6.62. The normalized spacial score (nSPS) is 19.1. The minimum atomic E-state index is -0.541. The number of nitrogens with one attached hydrogen (secondary N) is 1. The van der Waals surface area contributed by atoms with E-state index in [0.717, 1.165) is 48.2 Å². The second-order valence-electron chi connectivity index (χ2n) is 10.2. The fourth-order valence-electron chi connectivity index (χ4n) is 4.85. The first-order chi connectivity index (χ1) is 16.2. The molecule has 2 aromatic heterocycles. The van der Waals surface area contributed by atoms with Crippen LogP contribution in [0.5, 0.6) is 0 Å². The predicted molar refractivity (Wildman–Crippen MR) is 131 cm³/mol. The molecule has 34 heavy (non-hydrogen) atoms. The molecule has 6 heteroatoms. The summed E-state index contributed by atoms with van der Waals surface area (Å²) in [5, 5.41) is 3.11. The number of hydrogen-bond acceptors (Lipinski definition) is 3. The van der Waals surface area contributed by atoms with Crippen LogP contribution >= 0.6 is 0 Å². The van der Waals surface area contributed by atoms with Crippen molar-refractivity contribution in [2.45, 2.75) is 63.5 Å². The highest BCUT2D eigenvalue weighted by molar-refractivity contribution is 5.71. The Labute approximate surface area is 199 Å². The lowest BCUT2D eigenvalue weighted by molar-refractivity contribution is 0.0377. The summed E-state index contributed by atoms with van der Waals surface area (Å²) in [6.45, 7) is 5.60.